The molecule has 38 heavy (non-hydrogen) atoms. The average Bonchev–Trinajstić information content (AvgIpc) is 3.20. The molecule has 0 spiro atoms. The van der Waals surface area contributed by atoms with Crippen LogP contribution in [0.1, 0.15) is 38.6 Å². The van der Waals surface area contributed by atoms with E-state index in [1.807, 2.05) is 34.6 Å². The highest BCUT2D eigenvalue weighted by atomic mass is 32.2. The highest BCUT2D eigenvalue weighted by Crippen LogP contribution is 2.32. The van der Waals surface area contributed by atoms with Crippen LogP contribution in [-0.4, -0.2) is 49.7 Å². The summed E-state index contributed by atoms with van der Waals surface area (Å²) in [5, 5.41) is 0.589. The predicted molar refractivity (Wildman–Crippen MR) is 144 cm³/mol. The SMILES string of the molecule is CCCc1nc(SC)c(OC(=O)OCC)n1Cc1ccc(-c2ccccc2S(=O)(=O)NC(=O)OCC)cc1. The smallest absolute Gasteiger partial charge is 0.449 e. The van der Waals surface area contributed by atoms with E-state index in [1.54, 1.807) is 44.2 Å². The Hall–Kier alpha value is -3.51. The molecule has 0 saturated heterocycles. The summed E-state index contributed by atoms with van der Waals surface area (Å²) in [6.07, 6.45) is 1.57. The lowest BCUT2D eigenvalue weighted by molar-refractivity contribution is 0.0998. The van der Waals surface area contributed by atoms with Gasteiger partial charge in [0.2, 0.25) is 5.88 Å². The second-order valence-electron chi connectivity index (χ2n) is 7.98. The van der Waals surface area contributed by atoms with Gasteiger partial charge >= 0.3 is 12.2 Å². The van der Waals surface area contributed by atoms with Gasteiger partial charge in [-0.15, -0.1) is 11.8 Å². The minimum absolute atomic E-state index is 0.0459. The van der Waals surface area contributed by atoms with Crippen LogP contribution >= 0.6 is 11.8 Å². The molecule has 1 amide bonds. The van der Waals surface area contributed by atoms with E-state index in [0.29, 0.717) is 35.0 Å². The number of nitrogens with zero attached hydrogens (tertiary/aromatic N) is 2. The number of aryl methyl sites for hydroxylation is 1. The van der Waals surface area contributed by atoms with E-state index in [9.17, 15) is 18.0 Å². The van der Waals surface area contributed by atoms with Gasteiger partial charge < -0.3 is 14.2 Å². The number of aromatic nitrogens is 2. The van der Waals surface area contributed by atoms with E-state index in [0.717, 1.165) is 17.8 Å². The van der Waals surface area contributed by atoms with Crippen LogP contribution in [0.25, 0.3) is 11.1 Å². The Morgan fingerprint density at radius 3 is 2.32 bits per heavy atom. The molecule has 10 nitrogen and oxygen atoms in total. The number of rotatable bonds is 11. The zero-order valence-electron chi connectivity index (χ0n) is 21.7. The van der Waals surface area contributed by atoms with Crippen LogP contribution in [0.2, 0.25) is 0 Å². The molecule has 1 N–H and O–H groups in total. The van der Waals surface area contributed by atoms with Gasteiger partial charge in [0.25, 0.3) is 10.0 Å². The number of ether oxygens (including phenoxy) is 3. The topological polar surface area (TPSA) is 126 Å². The van der Waals surface area contributed by atoms with Crippen molar-refractivity contribution in [1.29, 1.82) is 0 Å². The fourth-order valence-electron chi connectivity index (χ4n) is 3.73. The third kappa shape index (κ3) is 7.07. The van der Waals surface area contributed by atoms with Crippen molar-refractivity contribution in [3.63, 3.8) is 0 Å². The summed E-state index contributed by atoms with van der Waals surface area (Å²) in [7, 11) is -4.15. The van der Waals surface area contributed by atoms with Crippen LogP contribution in [0, 0.1) is 0 Å². The lowest BCUT2D eigenvalue weighted by atomic mass is 10.0. The number of sulfonamides is 1. The molecule has 2 aromatic carbocycles. The fourth-order valence-corrected chi connectivity index (χ4v) is 5.38. The van der Waals surface area contributed by atoms with Crippen LogP contribution in [-0.2, 0) is 32.5 Å². The second kappa shape index (κ2) is 13.3. The number of carbonyl (C=O) groups is 2. The monoisotopic (exact) mass is 561 g/mol. The number of hydrogen-bond donors (Lipinski definition) is 1. The molecule has 0 saturated carbocycles. The molecule has 1 heterocycles. The molecule has 0 aliphatic carbocycles. The molecule has 0 bridgehead atoms. The summed E-state index contributed by atoms with van der Waals surface area (Å²) >= 11 is 1.38. The van der Waals surface area contributed by atoms with Gasteiger partial charge in [0, 0.05) is 12.0 Å². The maximum absolute atomic E-state index is 12.8. The molecule has 204 valence electrons. The van der Waals surface area contributed by atoms with E-state index in [-0.39, 0.29) is 18.1 Å². The quantitative estimate of drug-likeness (QED) is 0.247. The van der Waals surface area contributed by atoms with Gasteiger partial charge in [0.15, 0.2) is 5.03 Å². The van der Waals surface area contributed by atoms with E-state index in [4.69, 9.17) is 14.2 Å². The van der Waals surface area contributed by atoms with Gasteiger partial charge in [-0.3, -0.25) is 4.57 Å². The van der Waals surface area contributed by atoms with Gasteiger partial charge in [-0.2, -0.15) is 0 Å². The Kier molecular flexibility index (Phi) is 10.2. The molecule has 0 atom stereocenters. The number of nitrogens with one attached hydrogen (secondary N) is 1. The third-order valence-corrected chi connectivity index (χ3v) is 7.38. The van der Waals surface area contributed by atoms with Crippen LogP contribution in [0.4, 0.5) is 9.59 Å². The molecule has 3 rings (SSSR count). The predicted octanol–water partition coefficient (Wildman–Crippen LogP) is 5.24. The Labute approximate surface area is 226 Å². The lowest BCUT2D eigenvalue weighted by Crippen LogP contribution is -2.31. The van der Waals surface area contributed by atoms with Crippen molar-refractivity contribution in [2.45, 2.75) is 50.1 Å². The Bertz CT molecular complexity index is 1370. The number of thioether (sulfide) groups is 1. The minimum atomic E-state index is -4.15. The highest BCUT2D eigenvalue weighted by molar-refractivity contribution is 7.98. The van der Waals surface area contributed by atoms with Crippen LogP contribution in [0.3, 0.4) is 0 Å². The lowest BCUT2D eigenvalue weighted by Gasteiger charge is -2.14. The van der Waals surface area contributed by atoms with Crippen LogP contribution < -0.4 is 9.46 Å². The molecule has 3 aromatic rings. The summed E-state index contributed by atoms with van der Waals surface area (Å²) in [5.74, 6) is 1.10. The summed E-state index contributed by atoms with van der Waals surface area (Å²) in [6.45, 7) is 5.95. The van der Waals surface area contributed by atoms with Crippen molar-refractivity contribution in [3.05, 3.63) is 59.9 Å². The van der Waals surface area contributed by atoms with Gasteiger partial charge in [-0.05, 0) is 43.7 Å². The zero-order valence-corrected chi connectivity index (χ0v) is 23.4. The largest absolute Gasteiger partial charge is 0.515 e. The summed E-state index contributed by atoms with van der Waals surface area (Å²) < 4.78 is 44.7. The van der Waals surface area contributed by atoms with E-state index < -0.39 is 22.3 Å². The first-order valence-corrected chi connectivity index (χ1v) is 14.8. The third-order valence-electron chi connectivity index (χ3n) is 5.35. The van der Waals surface area contributed by atoms with Crippen LogP contribution in [0.15, 0.2) is 58.5 Å². The molecule has 1 aromatic heterocycles. The van der Waals surface area contributed by atoms with Crippen molar-refractivity contribution < 1.29 is 32.2 Å². The first kappa shape index (κ1) is 29.1. The summed E-state index contributed by atoms with van der Waals surface area (Å²) in [6, 6.07) is 13.7. The minimum Gasteiger partial charge on any atom is -0.449 e. The van der Waals surface area contributed by atoms with Gasteiger partial charge in [0.1, 0.15) is 5.82 Å². The molecule has 0 fully saturated rings. The van der Waals surface area contributed by atoms with Gasteiger partial charge in [0.05, 0.1) is 24.7 Å². The Morgan fingerprint density at radius 1 is 1.00 bits per heavy atom. The summed E-state index contributed by atoms with van der Waals surface area (Å²) in [5.41, 5.74) is 1.96. The standard InChI is InChI=1S/C26H31N3O7S2/c1-5-10-22-27-23(37-4)24(36-26(31)35-7-3)29(22)17-18-13-15-19(16-14-18)20-11-8-9-12-21(20)38(32,33)28-25(30)34-6-2/h8-9,11-16H,5-7,10,17H2,1-4H3,(H,28,30). The van der Waals surface area contributed by atoms with Crippen LogP contribution in [0.5, 0.6) is 5.88 Å². The fraction of sp³-hybridized carbons (Fsp3) is 0.346. The molecular formula is C26H31N3O7S2. The maximum atomic E-state index is 12.8. The average molecular weight is 562 g/mol. The first-order valence-electron chi connectivity index (χ1n) is 12.1. The van der Waals surface area contributed by atoms with Crippen molar-refractivity contribution >= 4 is 34.0 Å². The maximum Gasteiger partial charge on any atom is 0.515 e. The van der Waals surface area contributed by atoms with Crippen molar-refractivity contribution in [2.24, 2.45) is 0 Å². The molecule has 0 unspecified atom stereocenters. The zero-order chi connectivity index (χ0) is 27.7. The highest BCUT2D eigenvalue weighted by Gasteiger charge is 2.23. The molecule has 12 heteroatoms. The molecule has 0 aliphatic heterocycles. The number of hydrogen-bond acceptors (Lipinski definition) is 9. The number of benzene rings is 2. The van der Waals surface area contributed by atoms with E-state index in [1.165, 1.54) is 17.8 Å². The normalized spacial score (nSPS) is 11.2. The molecule has 0 aliphatic rings. The van der Waals surface area contributed by atoms with Gasteiger partial charge in [-0.1, -0.05) is 49.4 Å². The summed E-state index contributed by atoms with van der Waals surface area (Å²) in [4.78, 5) is 28.5. The van der Waals surface area contributed by atoms with Crippen molar-refractivity contribution in [3.8, 4) is 17.0 Å². The second-order valence-corrected chi connectivity index (χ2v) is 10.4. The van der Waals surface area contributed by atoms with Gasteiger partial charge in [-0.25, -0.2) is 27.7 Å². The van der Waals surface area contributed by atoms with E-state index in [2.05, 4.69) is 4.98 Å². The number of amides is 1. The van der Waals surface area contributed by atoms with E-state index >= 15 is 0 Å². The first-order chi connectivity index (χ1) is 18.2. The Balaban J connectivity index is 1.93. The van der Waals surface area contributed by atoms with Crippen molar-refractivity contribution in [2.75, 3.05) is 19.5 Å². The molecule has 0 radical (unpaired) electrons. The van der Waals surface area contributed by atoms with Crippen molar-refractivity contribution in [1.82, 2.24) is 14.3 Å². The number of imidazole rings is 1. The Morgan fingerprint density at radius 2 is 1.68 bits per heavy atom. The number of carbonyl (C=O) groups excluding carboxylic acids is 2. The molecular weight excluding hydrogens is 530 g/mol.